The maximum atomic E-state index is 12.6. The fourth-order valence-electron chi connectivity index (χ4n) is 3.72. The summed E-state index contributed by atoms with van der Waals surface area (Å²) < 4.78 is 0. The lowest BCUT2D eigenvalue weighted by Crippen LogP contribution is -3.17. The zero-order chi connectivity index (χ0) is 16.6. The largest absolute Gasteiger partial charge is 0.365 e. The number of nitrogens with two attached hydrogens (primary N) is 1. The second-order valence-corrected chi connectivity index (χ2v) is 8.08. The summed E-state index contributed by atoms with van der Waals surface area (Å²) in [5.41, 5.74) is 7.16. The minimum Gasteiger partial charge on any atom is -0.365 e. The molecule has 1 aliphatic heterocycles. The molecule has 0 unspecified atom stereocenters. The van der Waals surface area contributed by atoms with Gasteiger partial charge in [0.2, 0.25) is 0 Å². The molecule has 0 radical (unpaired) electrons. The number of amides is 2. The van der Waals surface area contributed by atoms with Crippen LogP contribution in [0.1, 0.15) is 53.9 Å². The van der Waals surface area contributed by atoms with E-state index in [1.165, 1.54) is 34.0 Å². The second-order valence-electron chi connectivity index (χ2n) is 6.98. The van der Waals surface area contributed by atoms with Gasteiger partial charge in [0.05, 0.1) is 18.7 Å². The maximum absolute atomic E-state index is 12.6. The summed E-state index contributed by atoms with van der Waals surface area (Å²) in [7, 11) is 0. The fraction of sp³-hybridized carbons (Fsp3) is 0.647. The minimum atomic E-state index is -0.425. The van der Waals surface area contributed by atoms with Crippen LogP contribution in [0.4, 0.5) is 5.00 Å². The van der Waals surface area contributed by atoms with Crippen molar-refractivity contribution >= 4 is 28.2 Å². The van der Waals surface area contributed by atoms with Crippen molar-refractivity contribution in [3.8, 4) is 0 Å². The number of likely N-dealkylation sites (tertiary alicyclic amines) is 1. The number of fused-ring (bicyclic) bond motifs is 1. The lowest BCUT2D eigenvalue weighted by molar-refractivity contribution is -0.919. The van der Waals surface area contributed by atoms with Gasteiger partial charge in [0, 0.05) is 4.88 Å². The zero-order valence-electron chi connectivity index (χ0n) is 13.9. The molecular formula is C17H26N3O2S+. The average Bonchev–Trinajstić information content (AvgIpc) is 3.07. The number of rotatable bonds is 4. The van der Waals surface area contributed by atoms with Crippen molar-refractivity contribution in [2.75, 3.05) is 18.4 Å². The van der Waals surface area contributed by atoms with E-state index < -0.39 is 5.91 Å². The highest BCUT2D eigenvalue weighted by atomic mass is 32.1. The van der Waals surface area contributed by atoms with E-state index >= 15 is 0 Å². The predicted octanol–water partition coefficient (Wildman–Crippen LogP) is 0.978. The Morgan fingerprint density at radius 1 is 1.30 bits per heavy atom. The highest BCUT2D eigenvalue weighted by molar-refractivity contribution is 7.17. The van der Waals surface area contributed by atoms with Gasteiger partial charge in [0.1, 0.15) is 5.00 Å². The van der Waals surface area contributed by atoms with Crippen LogP contribution in [0.25, 0.3) is 0 Å². The fourth-order valence-corrected chi connectivity index (χ4v) is 5.02. The number of quaternary nitrogens is 1. The van der Waals surface area contributed by atoms with Gasteiger partial charge in [-0.2, -0.15) is 0 Å². The monoisotopic (exact) mass is 336 g/mol. The van der Waals surface area contributed by atoms with Gasteiger partial charge in [0.25, 0.3) is 11.8 Å². The van der Waals surface area contributed by atoms with E-state index in [1.807, 2.05) is 6.92 Å². The molecule has 6 heteroatoms. The van der Waals surface area contributed by atoms with Crippen LogP contribution >= 0.6 is 11.3 Å². The van der Waals surface area contributed by atoms with Crippen molar-refractivity contribution in [3.05, 3.63) is 16.0 Å². The summed E-state index contributed by atoms with van der Waals surface area (Å²) in [5, 5.41) is 3.64. The van der Waals surface area contributed by atoms with Gasteiger partial charge in [-0.3, -0.25) is 9.59 Å². The van der Waals surface area contributed by atoms with E-state index in [2.05, 4.69) is 12.2 Å². The van der Waals surface area contributed by atoms with Gasteiger partial charge >= 0.3 is 0 Å². The van der Waals surface area contributed by atoms with Crippen molar-refractivity contribution in [1.29, 1.82) is 0 Å². The smallest absolute Gasteiger partial charge is 0.282 e. The van der Waals surface area contributed by atoms with Gasteiger partial charge in [0.15, 0.2) is 6.04 Å². The first-order valence-corrected chi connectivity index (χ1v) is 9.38. The molecule has 2 aliphatic rings. The summed E-state index contributed by atoms with van der Waals surface area (Å²) in [5.74, 6) is 0.333. The quantitative estimate of drug-likeness (QED) is 0.766. The van der Waals surface area contributed by atoms with E-state index in [0.29, 0.717) is 10.6 Å². The van der Waals surface area contributed by atoms with Crippen LogP contribution in [0.5, 0.6) is 0 Å². The molecule has 3 rings (SSSR count). The summed E-state index contributed by atoms with van der Waals surface area (Å²) in [6, 6.07) is -0.0971. The molecule has 0 bridgehead atoms. The number of aryl methyl sites for hydroxylation is 1. The molecule has 1 aromatic rings. The summed E-state index contributed by atoms with van der Waals surface area (Å²) in [6.07, 6.45) is 5.30. The van der Waals surface area contributed by atoms with Crippen molar-refractivity contribution in [2.45, 2.75) is 52.0 Å². The highest BCUT2D eigenvalue weighted by Crippen LogP contribution is 2.38. The third-order valence-electron chi connectivity index (χ3n) is 5.33. The Balaban J connectivity index is 1.72. The number of nitrogens with one attached hydrogen (secondary N) is 2. The Bertz CT molecular complexity index is 618. The number of carbonyl (C=O) groups is 2. The zero-order valence-corrected chi connectivity index (χ0v) is 14.7. The van der Waals surface area contributed by atoms with E-state index in [4.69, 9.17) is 5.73 Å². The van der Waals surface area contributed by atoms with Crippen LogP contribution in [-0.2, 0) is 17.6 Å². The molecule has 5 nitrogen and oxygen atoms in total. The summed E-state index contributed by atoms with van der Waals surface area (Å²) >= 11 is 1.53. The van der Waals surface area contributed by atoms with Gasteiger partial charge in [-0.25, -0.2) is 0 Å². The topological polar surface area (TPSA) is 76.6 Å². The van der Waals surface area contributed by atoms with Crippen LogP contribution in [0, 0.1) is 5.92 Å². The van der Waals surface area contributed by atoms with E-state index in [9.17, 15) is 9.59 Å². The molecule has 23 heavy (non-hydrogen) atoms. The van der Waals surface area contributed by atoms with Crippen LogP contribution in [0.2, 0.25) is 0 Å². The number of piperidine rings is 1. The lowest BCUT2D eigenvalue weighted by atomic mass is 9.98. The average molecular weight is 336 g/mol. The number of hydrogen-bond donors (Lipinski definition) is 3. The Morgan fingerprint density at radius 2 is 2.00 bits per heavy atom. The highest BCUT2D eigenvalue weighted by Gasteiger charge is 2.31. The normalized spacial score (nSPS) is 25.0. The molecule has 2 heterocycles. The van der Waals surface area contributed by atoms with Crippen LogP contribution < -0.4 is 16.0 Å². The molecule has 1 fully saturated rings. The van der Waals surface area contributed by atoms with Gasteiger partial charge in [-0.05, 0) is 50.5 Å². The number of carbonyl (C=O) groups excluding carboxylic acids is 2. The van der Waals surface area contributed by atoms with Crippen molar-refractivity contribution < 1.29 is 14.5 Å². The molecule has 1 saturated heterocycles. The number of thiophene rings is 1. The first-order chi connectivity index (χ1) is 11.0. The molecule has 0 spiro atoms. The minimum absolute atomic E-state index is 0.00280. The molecule has 1 aliphatic carbocycles. The molecule has 0 saturated carbocycles. The SMILES string of the molecule is CC1CC[NH+]([C@@H](C)C(=O)Nc2sc3c(c2C(N)=O)CCC3)CC1. The first kappa shape index (κ1) is 16.5. The van der Waals surface area contributed by atoms with Crippen LogP contribution in [0.3, 0.4) is 0 Å². The van der Waals surface area contributed by atoms with Gasteiger partial charge in [-0.15, -0.1) is 11.3 Å². The van der Waals surface area contributed by atoms with E-state index in [-0.39, 0.29) is 11.9 Å². The van der Waals surface area contributed by atoms with Crippen LogP contribution in [0.15, 0.2) is 0 Å². The molecule has 2 amide bonds. The summed E-state index contributed by atoms with van der Waals surface area (Å²) in [4.78, 5) is 27.0. The standard InChI is InChI=1S/C17H25N3O2S/c1-10-6-8-20(9-7-10)11(2)16(22)19-17-14(15(18)21)12-4-3-5-13(12)23-17/h10-11H,3-9H2,1-2H3,(H2,18,21)(H,19,22)/p+1/t11-/m0/s1. The molecule has 4 N–H and O–H groups in total. The number of hydrogen-bond acceptors (Lipinski definition) is 3. The van der Waals surface area contributed by atoms with E-state index in [0.717, 1.165) is 43.8 Å². The Morgan fingerprint density at radius 3 is 2.65 bits per heavy atom. The maximum Gasteiger partial charge on any atom is 0.282 e. The van der Waals surface area contributed by atoms with E-state index in [1.54, 1.807) is 0 Å². The van der Waals surface area contributed by atoms with Crippen molar-refractivity contribution in [1.82, 2.24) is 0 Å². The molecular weight excluding hydrogens is 310 g/mol. The molecule has 0 aromatic carbocycles. The number of primary amides is 1. The molecule has 126 valence electrons. The summed E-state index contributed by atoms with van der Waals surface area (Å²) in [6.45, 7) is 6.33. The molecule has 1 atom stereocenters. The lowest BCUT2D eigenvalue weighted by Gasteiger charge is -2.31. The van der Waals surface area contributed by atoms with Crippen molar-refractivity contribution in [3.63, 3.8) is 0 Å². The Kier molecular flexibility index (Phi) is 4.73. The third-order valence-corrected chi connectivity index (χ3v) is 6.53. The third kappa shape index (κ3) is 3.28. The first-order valence-electron chi connectivity index (χ1n) is 8.57. The Hall–Kier alpha value is -1.40. The predicted molar refractivity (Wildman–Crippen MR) is 92.0 cm³/mol. The van der Waals surface area contributed by atoms with Gasteiger partial charge in [-0.1, -0.05) is 6.92 Å². The molecule has 1 aromatic heterocycles. The Labute approximate surface area is 141 Å². The number of anilines is 1. The van der Waals surface area contributed by atoms with Gasteiger partial charge < -0.3 is 16.0 Å². The second kappa shape index (κ2) is 6.61. The van der Waals surface area contributed by atoms with Crippen LogP contribution in [-0.4, -0.2) is 30.9 Å². The van der Waals surface area contributed by atoms with Crippen molar-refractivity contribution in [2.24, 2.45) is 11.7 Å².